The second-order valence-electron chi connectivity index (χ2n) is 5.80. The Morgan fingerprint density at radius 3 is 2.71 bits per heavy atom. The maximum Gasteiger partial charge on any atom is 0.251 e. The Hall–Kier alpha value is -2.37. The topological polar surface area (TPSA) is 61.8 Å². The molecule has 2 aromatic rings. The minimum Gasteiger partial charge on any atom is -0.491 e. The quantitative estimate of drug-likeness (QED) is 0.778. The van der Waals surface area contributed by atoms with Crippen LogP contribution in [-0.2, 0) is 13.1 Å². The molecule has 2 N–H and O–H groups in total. The lowest BCUT2D eigenvalue weighted by atomic mass is 10.1. The van der Waals surface area contributed by atoms with Crippen LogP contribution in [0.5, 0.6) is 5.75 Å². The fourth-order valence-electron chi connectivity index (χ4n) is 2.40. The number of ether oxygens (including phenoxy) is 1. The lowest BCUT2D eigenvalue weighted by Gasteiger charge is -2.13. The van der Waals surface area contributed by atoms with E-state index in [-0.39, 0.29) is 19.1 Å². The maximum atomic E-state index is 12.4. The third kappa shape index (κ3) is 5.37. The van der Waals surface area contributed by atoms with Crippen molar-refractivity contribution in [2.24, 2.45) is 0 Å². The van der Waals surface area contributed by atoms with Crippen LogP contribution in [0.1, 0.15) is 21.5 Å². The Labute approximate surface area is 142 Å². The van der Waals surface area contributed by atoms with Crippen LogP contribution in [-0.4, -0.2) is 43.2 Å². The summed E-state index contributed by atoms with van der Waals surface area (Å²) in [6, 6.07) is 15.1. The van der Waals surface area contributed by atoms with Crippen LogP contribution in [0.3, 0.4) is 0 Å². The van der Waals surface area contributed by atoms with E-state index in [0.29, 0.717) is 17.9 Å². The van der Waals surface area contributed by atoms with Crippen LogP contribution < -0.4 is 10.1 Å². The lowest BCUT2D eigenvalue weighted by molar-refractivity contribution is 0.0950. The molecule has 0 saturated heterocycles. The van der Waals surface area contributed by atoms with Gasteiger partial charge in [0.05, 0.1) is 6.61 Å². The van der Waals surface area contributed by atoms with Crippen molar-refractivity contribution in [1.29, 1.82) is 0 Å². The molecule has 0 aromatic heterocycles. The number of amides is 1. The predicted molar refractivity (Wildman–Crippen MR) is 94.0 cm³/mol. The lowest BCUT2D eigenvalue weighted by Crippen LogP contribution is -2.23. The number of aliphatic hydroxyl groups is 1. The first kappa shape index (κ1) is 18.0. The highest BCUT2D eigenvalue weighted by molar-refractivity contribution is 5.94. The average Bonchev–Trinajstić information content (AvgIpc) is 2.58. The summed E-state index contributed by atoms with van der Waals surface area (Å²) in [5.41, 5.74) is 2.62. The fourth-order valence-corrected chi connectivity index (χ4v) is 2.40. The molecule has 0 atom stereocenters. The number of nitrogens with zero attached hydrogens (tertiary/aromatic N) is 1. The molecule has 2 rings (SSSR count). The average molecular weight is 328 g/mol. The maximum absolute atomic E-state index is 12.4. The van der Waals surface area contributed by atoms with Gasteiger partial charge in [0.2, 0.25) is 0 Å². The number of carbonyl (C=O) groups excluding carboxylic acids is 1. The molecule has 0 heterocycles. The van der Waals surface area contributed by atoms with Gasteiger partial charge in [0.25, 0.3) is 5.91 Å². The molecule has 0 unspecified atom stereocenters. The van der Waals surface area contributed by atoms with E-state index in [4.69, 9.17) is 9.84 Å². The summed E-state index contributed by atoms with van der Waals surface area (Å²) >= 11 is 0. The first-order chi connectivity index (χ1) is 11.6. The Morgan fingerprint density at radius 2 is 1.96 bits per heavy atom. The van der Waals surface area contributed by atoms with E-state index in [1.165, 1.54) is 0 Å². The van der Waals surface area contributed by atoms with Gasteiger partial charge in [-0.05, 0) is 37.9 Å². The van der Waals surface area contributed by atoms with Crippen LogP contribution >= 0.6 is 0 Å². The molecular formula is C19H24N2O3. The molecule has 1 amide bonds. The molecule has 0 aliphatic heterocycles. The summed E-state index contributed by atoms with van der Waals surface area (Å²) < 4.78 is 5.48. The van der Waals surface area contributed by atoms with Crippen molar-refractivity contribution in [3.05, 3.63) is 65.2 Å². The van der Waals surface area contributed by atoms with Crippen molar-refractivity contribution in [2.45, 2.75) is 13.1 Å². The summed E-state index contributed by atoms with van der Waals surface area (Å²) in [4.78, 5) is 14.4. The molecule has 0 aliphatic carbocycles. The molecule has 24 heavy (non-hydrogen) atoms. The largest absolute Gasteiger partial charge is 0.491 e. The number of aliphatic hydroxyl groups excluding tert-OH is 1. The van der Waals surface area contributed by atoms with Gasteiger partial charge >= 0.3 is 0 Å². The Morgan fingerprint density at radius 1 is 1.17 bits per heavy atom. The highest BCUT2D eigenvalue weighted by atomic mass is 16.5. The van der Waals surface area contributed by atoms with Gasteiger partial charge in [-0.15, -0.1) is 0 Å². The minimum absolute atomic E-state index is 0.0423. The van der Waals surface area contributed by atoms with E-state index < -0.39 is 0 Å². The number of hydrogen-bond acceptors (Lipinski definition) is 4. The smallest absolute Gasteiger partial charge is 0.251 e. The molecule has 0 spiro atoms. The van der Waals surface area contributed by atoms with Gasteiger partial charge in [-0.3, -0.25) is 4.79 Å². The van der Waals surface area contributed by atoms with Crippen LogP contribution in [0, 0.1) is 0 Å². The number of benzene rings is 2. The Balaban J connectivity index is 2.01. The predicted octanol–water partition coefficient (Wildman–Crippen LogP) is 2.05. The van der Waals surface area contributed by atoms with E-state index in [0.717, 1.165) is 17.7 Å². The first-order valence-electron chi connectivity index (χ1n) is 7.93. The third-order valence-electron chi connectivity index (χ3n) is 3.45. The summed E-state index contributed by atoms with van der Waals surface area (Å²) in [7, 11) is 3.99. The summed E-state index contributed by atoms with van der Waals surface area (Å²) in [6.07, 6.45) is 0. The second-order valence-corrected chi connectivity index (χ2v) is 5.80. The number of para-hydroxylation sites is 1. The number of hydrogen-bond donors (Lipinski definition) is 2. The van der Waals surface area contributed by atoms with E-state index >= 15 is 0 Å². The van der Waals surface area contributed by atoms with Crippen molar-refractivity contribution in [3.63, 3.8) is 0 Å². The monoisotopic (exact) mass is 328 g/mol. The molecule has 5 heteroatoms. The van der Waals surface area contributed by atoms with E-state index in [1.54, 1.807) is 0 Å². The molecule has 0 fully saturated rings. The Bertz CT molecular complexity index is 671. The van der Waals surface area contributed by atoms with E-state index in [9.17, 15) is 4.79 Å². The standard InChI is InChI=1S/C19H24N2O3/c1-21(2)14-15-6-5-8-16(12-15)19(23)20-13-17-7-3-4-9-18(17)24-11-10-22/h3-9,12,22H,10-11,13-14H2,1-2H3,(H,20,23). The van der Waals surface area contributed by atoms with Crippen LogP contribution in [0.15, 0.2) is 48.5 Å². The molecular weight excluding hydrogens is 304 g/mol. The SMILES string of the molecule is CN(C)Cc1cccc(C(=O)NCc2ccccc2OCCO)c1. The van der Waals surface area contributed by atoms with Gasteiger partial charge in [-0.25, -0.2) is 0 Å². The van der Waals surface area contributed by atoms with Crippen molar-refractivity contribution < 1.29 is 14.6 Å². The van der Waals surface area contributed by atoms with Gasteiger partial charge in [0, 0.05) is 24.2 Å². The van der Waals surface area contributed by atoms with Crippen molar-refractivity contribution in [1.82, 2.24) is 10.2 Å². The van der Waals surface area contributed by atoms with Crippen LogP contribution in [0.2, 0.25) is 0 Å². The fraction of sp³-hybridized carbons (Fsp3) is 0.316. The summed E-state index contributed by atoms with van der Waals surface area (Å²) in [6.45, 7) is 1.36. The Kier molecular flexibility index (Phi) is 6.78. The highest BCUT2D eigenvalue weighted by Gasteiger charge is 2.09. The molecule has 0 bridgehead atoms. The zero-order valence-corrected chi connectivity index (χ0v) is 14.2. The van der Waals surface area contributed by atoms with Crippen molar-refractivity contribution in [2.75, 3.05) is 27.3 Å². The normalized spacial score (nSPS) is 10.7. The number of carbonyl (C=O) groups is 1. The van der Waals surface area contributed by atoms with Gasteiger partial charge in [0.15, 0.2) is 0 Å². The van der Waals surface area contributed by atoms with Gasteiger partial charge in [-0.1, -0.05) is 30.3 Å². The van der Waals surface area contributed by atoms with Crippen molar-refractivity contribution in [3.8, 4) is 5.75 Å². The molecule has 2 aromatic carbocycles. The molecule has 0 saturated carbocycles. The molecule has 0 aliphatic rings. The molecule has 5 nitrogen and oxygen atoms in total. The first-order valence-corrected chi connectivity index (χ1v) is 7.93. The summed E-state index contributed by atoms with van der Waals surface area (Å²) in [5.74, 6) is 0.556. The van der Waals surface area contributed by atoms with Crippen LogP contribution in [0.4, 0.5) is 0 Å². The van der Waals surface area contributed by atoms with Gasteiger partial charge < -0.3 is 20.1 Å². The number of nitrogens with one attached hydrogen (secondary N) is 1. The van der Waals surface area contributed by atoms with Gasteiger partial charge in [-0.2, -0.15) is 0 Å². The third-order valence-corrected chi connectivity index (χ3v) is 3.45. The minimum atomic E-state index is -0.118. The van der Waals surface area contributed by atoms with Crippen molar-refractivity contribution >= 4 is 5.91 Å². The zero-order chi connectivity index (χ0) is 17.4. The highest BCUT2D eigenvalue weighted by Crippen LogP contribution is 2.17. The second kappa shape index (κ2) is 9.05. The summed E-state index contributed by atoms with van der Waals surface area (Å²) in [5, 5.41) is 11.8. The van der Waals surface area contributed by atoms with E-state index in [1.807, 2.05) is 62.6 Å². The molecule has 128 valence electrons. The zero-order valence-electron chi connectivity index (χ0n) is 14.2. The molecule has 0 radical (unpaired) electrons. The van der Waals surface area contributed by atoms with Gasteiger partial charge in [0.1, 0.15) is 12.4 Å². The number of rotatable bonds is 8. The van der Waals surface area contributed by atoms with E-state index in [2.05, 4.69) is 10.2 Å². The van der Waals surface area contributed by atoms with Crippen LogP contribution in [0.25, 0.3) is 0 Å².